The molecule has 0 fully saturated rings. The van der Waals surface area contributed by atoms with E-state index in [4.69, 9.17) is 9.15 Å². The average molecular weight is 344 g/mol. The van der Waals surface area contributed by atoms with Gasteiger partial charge in [0.15, 0.2) is 0 Å². The molecular formula is C15H15F3N2O4. The van der Waals surface area contributed by atoms with Gasteiger partial charge in [-0.3, -0.25) is 0 Å². The van der Waals surface area contributed by atoms with E-state index < -0.39 is 24.5 Å². The number of furan rings is 1. The topological polar surface area (TPSA) is 72.7 Å². The molecule has 1 unspecified atom stereocenters. The van der Waals surface area contributed by atoms with Gasteiger partial charge in [-0.1, -0.05) is 0 Å². The molecule has 6 nitrogen and oxygen atoms in total. The number of benzene rings is 1. The molecule has 1 aromatic heterocycles. The van der Waals surface area contributed by atoms with Gasteiger partial charge in [-0.05, 0) is 24.3 Å². The van der Waals surface area contributed by atoms with E-state index in [-0.39, 0.29) is 18.0 Å². The summed E-state index contributed by atoms with van der Waals surface area (Å²) in [5.41, 5.74) is -0.233. The van der Waals surface area contributed by atoms with Crippen molar-refractivity contribution in [1.29, 1.82) is 0 Å². The maximum absolute atomic E-state index is 13.3. The Morgan fingerprint density at radius 3 is 2.75 bits per heavy atom. The summed E-state index contributed by atoms with van der Waals surface area (Å²) in [6.07, 6.45) is 1.43. The van der Waals surface area contributed by atoms with Gasteiger partial charge in [-0.2, -0.15) is 8.78 Å². The summed E-state index contributed by atoms with van der Waals surface area (Å²) in [6, 6.07) is 4.70. The van der Waals surface area contributed by atoms with E-state index in [9.17, 15) is 18.0 Å². The Bertz CT molecular complexity index is 665. The molecule has 0 aliphatic carbocycles. The second-order valence-electron chi connectivity index (χ2n) is 4.64. The fraction of sp³-hybridized carbons (Fsp3) is 0.267. The van der Waals surface area contributed by atoms with Gasteiger partial charge in [0, 0.05) is 13.2 Å². The van der Waals surface area contributed by atoms with Gasteiger partial charge >= 0.3 is 12.6 Å². The van der Waals surface area contributed by atoms with E-state index in [0.29, 0.717) is 5.76 Å². The quantitative estimate of drug-likeness (QED) is 0.806. The number of alkyl halides is 2. The molecule has 0 bridgehead atoms. The Hall–Kier alpha value is -2.68. The Kier molecular flexibility index (Phi) is 6.07. The van der Waals surface area contributed by atoms with Gasteiger partial charge in [-0.15, -0.1) is 0 Å². The lowest BCUT2D eigenvalue weighted by Gasteiger charge is -2.17. The maximum Gasteiger partial charge on any atom is 0.387 e. The summed E-state index contributed by atoms with van der Waals surface area (Å²) >= 11 is 0. The Morgan fingerprint density at radius 1 is 1.33 bits per heavy atom. The molecule has 0 saturated carbocycles. The van der Waals surface area contributed by atoms with Crippen LogP contribution in [0.3, 0.4) is 0 Å². The van der Waals surface area contributed by atoms with Gasteiger partial charge in [-0.25, -0.2) is 9.18 Å². The molecule has 0 aliphatic rings. The third-order valence-electron chi connectivity index (χ3n) is 2.93. The smallest absolute Gasteiger partial charge is 0.387 e. The van der Waals surface area contributed by atoms with Crippen LogP contribution in [0.2, 0.25) is 0 Å². The van der Waals surface area contributed by atoms with Crippen molar-refractivity contribution in [3.05, 3.63) is 48.2 Å². The van der Waals surface area contributed by atoms with Gasteiger partial charge in [0.05, 0.1) is 18.6 Å². The van der Waals surface area contributed by atoms with Crippen LogP contribution in [0, 0.1) is 5.82 Å². The van der Waals surface area contributed by atoms with Crippen molar-refractivity contribution in [2.45, 2.75) is 12.7 Å². The summed E-state index contributed by atoms with van der Waals surface area (Å²) in [4.78, 5) is 12.1. The van der Waals surface area contributed by atoms with Gasteiger partial charge in [0.2, 0.25) is 0 Å². The highest BCUT2D eigenvalue weighted by molar-refractivity contribution is 5.91. The molecule has 0 saturated heterocycles. The summed E-state index contributed by atoms with van der Waals surface area (Å²) in [5.74, 6) is -0.635. The normalized spacial score (nSPS) is 12.0. The minimum Gasteiger partial charge on any atom is -0.467 e. The van der Waals surface area contributed by atoms with E-state index in [2.05, 4.69) is 15.4 Å². The summed E-state index contributed by atoms with van der Waals surface area (Å²) < 4.78 is 52.4. The van der Waals surface area contributed by atoms with Crippen LogP contribution in [-0.4, -0.2) is 26.4 Å². The van der Waals surface area contributed by atoms with Crippen molar-refractivity contribution in [2.24, 2.45) is 0 Å². The molecule has 1 atom stereocenters. The zero-order valence-corrected chi connectivity index (χ0v) is 12.6. The van der Waals surface area contributed by atoms with Crippen LogP contribution in [0.4, 0.5) is 23.7 Å². The number of anilines is 1. The van der Waals surface area contributed by atoms with Crippen LogP contribution >= 0.6 is 0 Å². The highest BCUT2D eigenvalue weighted by Crippen LogP contribution is 2.27. The van der Waals surface area contributed by atoms with Crippen LogP contribution < -0.4 is 15.4 Å². The lowest BCUT2D eigenvalue weighted by molar-refractivity contribution is -0.0494. The van der Waals surface area contributed by atoms with Crippen molar-refractivity contribution < 1.29 is 31.9 Å². The SMILES string of the molecule is COCC(NC(=O)Nc1cc(F)ccc1OC(F)F)c1ccco1. The van der Waals surface area contributed by atoms with Gasteiger partial charge < -0.3 is 24.5 Å². The first-order valence-electron chi connectivity index (χ1n) is 6.84. The van der Waals surface area contributed by atoms with E-state index in [0.717, 1.165) is 18.2 Å². The van der Waals surface area contributed by atoms with Crippen molar-refractivity contribution in [2.75, 3.05) is 19.0 Å². The monoisotopic (exact) mass is 344 g/mol. The number of amides is 2. The van der Waals surface area contributed by atoms with E-state index in [1.54, 1.807) is 12.1 Å². The zero-order valence-electron chi connectivity index (χ0n) is 12.6. The second-order valence-corrected chi connectivity index (χ2v) is 4.64. The first-order chi connectivity index (χ1) is 11.5. The summed E-state index contributed by atoms with van der Waals surface area (Å²) in [6.45, 7) is -2.99. The number of carbonyl (C=O) groups is 1. The van der Waals surface area contributed by atoms with Crippen LogP contribution in [0.1, 0.15) is 11.8 Å². The zero-order chi connectivity index (χ0) is 17.5. The maximum atomic E-state index is 13.3. The summed E-state index contributed by atoms with van der Waals surface area (Å²) in [5, 5.41) is 4.80. The third kappa shape index (κ3) is 4.92. The fourth-order valence-corrected chi connectivity index (χ4v) is 1.97. The number of ether oxygens (including phenoxy) is 2. The number of methoxy groups -OCH3 is 1. The highest BCUT2D eigenvalue weighted by atomic mass is 19.3. The molecule has 0 aliphatic heterocycles. The van der Waals surface area contributed by atoms with Crippen molar-refractivity contribution in [3.63, 3.8) is 0 Å². The Labute approximate surface area is 135 Å². The number of hydrogen-bond donors (Lipinski definition) is 2. The average Bonchev–Trinajstić information content (AvgIpc) is 3.03. The minimum atomic E-state index is -3.11. The molecule has 24 heavy (non-hydrogen) atoms. The van der Waals surface area contributed by atoms with E-state index in [1.165, 1.54) is 13.4 Å². The lowest BCUT2D eigenvalue weighted by Crippen LogP contribution is -2.34. The van der Waals surface area contributed by atoms with E-state index >= 15 is 0 Å². The van der Waals surface area contributed by atoms with Crippen molar-refractivity contribution in [3.8, 4) is 5.75 Å². The Balaban J connectivity index is 2.09. The van der Waals surface area contributed by atoms with Crippen LogP contribution in [0.25, 0.3) is 0 Å². The molecule has 2 rings (SSSR count). The second kappa shape index (κ2) is 8.25. The third-order valence-corrected chi connectivity index (χ3v) is 2.93. The number of urea groups is 1. The van der Waals surface area contributed by atoms with Crippen LogP contribution in [0.15, 0.2) is 41.0 Å². The predicted octanol–water partition coefficient (Wildman–Crippen LogP) is 3.53. The standard InChI is InChI=1S/C15H15F3N2O4/c1-22-8-11(12-3-2-6-23-12)20-15(21)19-10-7-9(16)4-5-13(10)24-14(17)18/h2-7,11,14H,8H2,1H3,(H2,19,20,21). The van der Waals surface area contributed by atoms with Crippen molar-refractivity contribution in [1.82, 2.24) is 5.32 Å². The molecule has 1 aromatic carbocycles. The molecule has 1 heterocycles. The fourth-order valence-electron chi connectivity index (χ4n) is 1.97. The highest BCUT2D eigenvalue weighted by Gasteiger charge is 2.19. The molecule has 130 valence electrons. The first kappa shape index (κ1) is 17.7. The predicted molar refractivity (Wildman–Crippen MR) is 78.5 cm³/mol. The minimum absolute atomic E-state index is 0.116. The number of rotatable bonds is 7. The van der Waals surface area contributed by atoms with Crippen LogP contribution in [0.5, 0.6) is 5.75 Å². The number of nitrogens with one attached hydrogen (secondary N) is 2. The molecule has 2 N–H and O–H groups in total. The first-order valence-corrected chi connectivity index (χ1v) is 6.84. The Morgan fingerprint density at radius 2 is 2.12 bits per heavy atom. The van der Waals surface area contributed by atoms with Gasteiger partial charge in [0.1, 0.15) is 23.4 Å². The molecule has 0 spiro atoms. The summed E-state index contributed by atoms with van der Waals surface area (Å²) in [7, 11) is 1.44. The molecule has 9 heteroatoms. The van der Waals surface area contributed by atoms with Crippen LogP contribution in [-0.2, 0) is 4.74 Å². The molecule has 2 amide bonds. The number of hydrogen-bond acceptors (Lipinski definition) is 4. The number of carbonyl (C=O) groups excluding carboxylic acids is 1. The molecule has 0 radical (unpaired) electrons. The van der Waals surface area contributed by atoms with E-state index in [1.807, 2.05) is 0 Å². The number of halogens is 3. The lowest BCUT2D eigenvalue weighted by atomic mass is 10.2. The van der Waals surface area contributed by atoms with Gasteiger partial charge in [0.25, 0.3) is 0 Å². The van der Waals surface area contributed by atoms with Crippen molar-refractivity contribution >= 4 is 11.7 Å². The molecular weight excluding hydrogens is 329 g/mol. The largest absolute Gasteiger partial charge is 0.467 e. The molecule has 2 aromatic rings.